The van der Waals surface area contributed by atoms with Gasteiger partial charge < -0.3 is 15.2 Å². The van der Waals surface area contributed by atoms with Crippen molar-refractivity contribution in [2.45, 2.75) is 50.4 Å². The van der Waals surface area contributed by atoms with E-state index in [-0.39, 0.29) is 12.2 Å². The van der Waals surface area contributed by atoms with Gasteiger partial charge in [-0.25, -0.2) is 0 Å². The summed E-state index contributed by atoms with van der Waals surface area (Å²) in [6.07, 6.45) is 5.80. The van der Waals surface area contributed by atoms with Gasteiger partial charge in [-0.2, -0.15) is 0 Å². The van der Waals surface area contributed by atoms with Gasteiger partial charge in [-0.3, -0.25) is 0 Å². The van der Waals surface area contributed by atoms with Gasteiger partial charge in [0.1, 0.15) is 0 Å². The summed E-state index contributed by atoms with van der Waals surface area (Å²) >= 11 is 0. The zero-order valence-corrected chi connectivity index (χ0v) is 8.91. The summed E-state index contributed by atoms with van der Waals surface area (Å²) in [6, 6.07) is 0. The predicted molar refractivity (Wildman–Crippen MR) is 55.2 cm³/mol. The van der Waals surface area contributed by atoms with Gasteiger partial charge >= 0.3 is 0 Å². The van der Waals surface area contributed by atoms with Crippen LogP contribution in [0, 0.1) is 5.92 Å². The van der Waals surface area contributed by atoms with Crippen molar-refractivity contribution < 1.29 is 9.84 Å². The first-order valence-electron chi connectivity index (χ1n) is 5.77. The molecule has 2 rings (SSSR count). The summed E-state index contributed by atoms with van der Waals surface area (Å²) in [5, 5.41) is 12.8. The molecular weight excluding hydrogens is 178 g/mol. The van der Waals surface area contributed by atoms with Crippen molar-refractivity contribution in [3.8, 4) is 0 Å². The van der Waals surface area contributed by atoms with Crippen LogP contribution in [0.25, 0.3) is 0 Å². The Morgan fingerprint density at radius 1 is 1.36 bits per heavy atom. The van der Waals surface area contributed by atoms with Crippen LogP contribution < -0.4 is 5.32 Å². The van der Waals surface area contributed by atoms with Crippen molar-refractivity contribution in [3.05, 3.63) is 0 Å². The number of ether oxygens (including phenoxy) is 1. The lowest BCUT2D eigenvalue weighted by Gasteiger charge is -2.37. The molecular formula is C11H21NO2. The van der Waals surface area contributed by atoms with Gasteiger partial charge in [0.05, 0.1) is 18.3 Å². The summed E-state index contributed by atoms with van der Waals surface area (Å²) in [5.41, 5.74) is 0. The SMILES string of the molecule is CNCC1CC(OC2CCCC2O)C1. The summed E-state index contributed by atoms with van der Waals surface area (Å²) in [6.45, 7) is 1.10. The first-order chi connectivity index (χ1) is 6.79. The Balaban J connectivity index is 1.63. The molecule has 0 aromatic rings. The van der Waals surface area contributed by atoms with Gasteiger partial charge in [-0.1, -0.05) is 0 Å². The highest BCUT2D eigenvalue weighted by Gasteiger charge is 2.34. The second kappa shape index (κ2) is 4.60. The lowest BCUT2D eigenvalue weighted by molar-refractivity contribution is -0.106. The summed E-state index contributed by atoms with van der Waals surface area (Å²) < 4.78 is 5.86. The molecule has 0 aromatic carbocycles. The zero-order chi connectivity index (χ0) is 9.97. The lowest BCUT2D eigenvalue weighted by atomic mass is 9.82. The fourth-order valence-electron chi connectivity index (χ4n) is 2.55. The van der Waals surface area contributed by atoms with Gasteiger partial charge in [0.15, 0.2) is 0 Å². The van der Waals surface area contributed by atoms with E-state index in [2.05, 4.69) is 5.32 Å². The van der Waals surface area contributed by atoms with Crippen LogP contribution in [-0.2, 0) is 4.74 Å². The quantitative estimate of drug-likeness (QED) is 0.707. The highest BCUT2D eigenvalue weighted by molar-refractivity contribution is 4.85. The third-order valence-corrected chi connectivity index (χ3v) is 3.47. The van der Waals surface area contributed by atoms with Crippen LogP contribution in [0.15, 0.2) is 0 Å². The fraction of sp³-hybridized carbons (Fsp3) is 1.00. The van der Waals surface area contributed by atoms with Crippen molar-refractivity contribution in [3.63, 3.8) is 0 Å². The fourth-order valence-corrected chi connectivity index (χ4v) is 2.55. The van der Waals surface area contributed by atoms with E-state index in [4.69, 9.17) is 4.74 Å². The van der Waals surface area contributed by atoms with E-state index < -0.39 is 0 Å². The smallest absolute Gasteiger partial charge is 0.0837 e. The van der Waals surface area contributed by atoms with Crippen molar-refractivity contribution in [1.82, 2.24) is 5.32 Å². The molecule has 0 aromatic heterocycles. The van der Waals surface area contributed by atoms with Gasteiger partial charge in [0.2, 0.25) is 0 Å². The third-order valence-electron chi connectivity index (χ3n) is 3.47. The molecule has 2 aliphatic carbocycles. The van der Waals surface area contributed by atoms with Crippen LogP contribution in [0.4, 0.5) is 0 Å². The molecule has 0 radical (unpaired) electrons. The van der Waals surface area contributed by atoms with Crippen molar-refractivity contribution in [2.75, 3.05) is 13.6 Å². The number of nitrogens with one attached hydrogen (secondary N) is 1. The molecule has 0 spiro atoms. The van der Waals surface area contributed by atoms with Gasteiger partial charge in [0.25, 0.3) is 0 Å². The Morgan fingerprint density at radius 2 is 2.14 bits per heavy atom. The van der Waals surface area contributed by atoms with Gasteiger partial charge in [-0.05, 0) is 51.6 Å². The minimum Gasteiger partial charge on any atom is -0.390 e. The first kappa shape index (κ1) is 10.4. The number of hydrogen-bond donors (Lipinski definition) is 2. The normalized spacial score (nSPS) is 42.4. The standard InChI is InChI=1S/C11H21NO2/c1-12-7-8-5-9(6-8)14-11-4-2-3-10(11)13/h8-13H,2-7H2,1H3. The van der Waals surface area contributed by atoms with Gasteiger partial charge in [0, 0.05) is 0 Å². The molecule has 0 heterocycles. The van der Waals surface area contributed by atoms with E-state index in [1.165, 1.54) is 12.8 Å². The first-order valence-corrected chi connectivity index (χ1v) is 5.77. The average Bonchev–Trinajstić information content (AvgIpc) is 2.48. The van der Waals surface area contributed by atoms with Crippen LogP contribution in [0.5, 0.6) is 0 Å². The molecule has 2 fully saturated rings. The number of aliphatic hydroxyl groups excluding tert-OH is 1. The molecule has 0 aliphatic heterocycles. The van der Waals surface area contributed by atoms with Crippen LogP contribution in [0.3, 0.4) is 0 Å². The highest BCUT2D eigenvalue weighted by atomic mass is 16.5. The maximum atomic E-state index is 9.59. The largest absolute Gasteiger partial charge is 0.390 e. The molecule has 0 saturated heterocycles. The average molecular weight is 199 g/mol. The molecule has 3 heteroatoms. The molecule has 14 heavy (non-hydrogen) atoms. The Hall–Kier alpha value is -0.120. The Labute approximate surface area is 85.8 Å². The van der Waals surface area contributed by atoms with E-state index in [1.54, 1.807) is 0 Å². The molecule has 2 unspecified atom stereocenters. The topological polar surface area (TPSA) is 41.5 Å². The Bertz CT molecular complexity index is 180. The van der Waals surface area contributed by atoms with Gasteiger partial charge in [-0.15, -0.1) is 0 Å². The maximum Gasteiger partial charge on any atom is 0.0837 e. The van der Waals surface area contributed by atoms with Crippen molar-refractivity contribution >= 4 is 0 Å². The van der Waals surface area contributed by atoms with Crippen molar-refractivity contribution in [2.24, 2.45) is 5.92 Å². The second-order valence-electron chi connectivity index (χ2n) is 4.69. The van der Waals surface area contributed by atoms with E-state index in [0.717, 1.165) is 31.7 Å². The molecule has 82 valence electrons. The summed E-state index contributed by atoms with van der Waals surface area (Å²) in [7, 11) is 1.99. The number of hydrogen-bond acceptors (Lipinski definition) is 3. The molecule has 2 aliphatic rings. The summed E-state index contributed by atoms with van der Waals surface area (Å²) in [4.78, 5) is 0. The minimum absolute atomic E-state index is 0.135. The van der Waals surface area contributed by atoms with E-state index in [1.807, 2.05) is 7.05 Å². The molecule has 3 nitrogen and oxygen atoms in total. The Morgan fingerprint density at radius 3 is 2.71 bits per heavy atom. The van der Waals surface area contributed by atoms with E-state index in [9.17, 15) is 5.11 Å². The zero-order valence-electron chi connectivity index (χ0n) is 8.91. The number of aliphatic hydroxyl groups is 1. The predicted octanol–water partition coefficient (Wildman–Crippen LogP) is 0.914. The highest BCUT2D eigenvalue weighted by Crippen LogP contribution is 2.33. The maximum absolute atomic E-state index is 9.59. The van der Waals surface area contributed by atoms with Crippen molar-refractivity contribution in [1.29, 1.82) is 0 Å². The minimum atomic E-state index is -0.196. The molecule has 2 N–H and O–H groups in total. The number of rotatable bonds is 4. The van der Waals surface area contributed by atoms with Crippen LogP contribution in [0.2, 0.25) is 0 Å². The monoisotopic (exact) mass is 199 g/mol. The summed E-state index contributed by atoms with van der Waals surface area (Å²) in [5.74, 6) is 0.795. The lowest BCUT2D eigenvalue weighted by Crippen LogP contribution is -2.40. The van der Waals surface area contributed by atoms with Crippen LogP contribution in [-0.4, -0.2) is 37.0 Å². The van der Waals surface area contributed by atoms with E-state index >= 15 is 0 Å². The van der Waals surface area contributed by atoms with Crippen LogP contribution in [0.1, 0.15) is 32.1 Å². The molecule has 2 atom stereocenters. The van der Waals surface area contributed by atoms with Crippen LogP contribution >= 0.6 is 0 Å². The Kier molecular flexibility index (Phi) is 3.42. The third kappa shape index (κ3) is 2.27. The molecule has 0 bridgehead atoms. The second-order valence-corrected chi connectivity index (χ2v) is 4.69. The van der Waals surface area contributed by atoms with E-state index in [0.29, 0.717) is 6.10 Å². The molecule has 0 amide bonds. The molecule has 2 saturated carbocycles.